The van der Waals surface area contributed by atoms with Crippen LogP contribution in [-0.2, 0) is 6.42 Å². The van der Waals surface area contributed by atoms with E-state index in [1.165, 1.54) is 6.07 Å². The summed E-state index contributed by atoms with van der Waals surface area (Å²) in [6, 6.07) is 3.29. The van der Waals surface area contributed by atoms with Crippen LogP contribution in [-0.4, -0.2) is 11.5 Å². The highest BCUT2D eigenvalue weighted by atomic mass is 19.2. The molecule has 112 valence electrons. The van der Waals surface area contributed by atoms with Gasteiger partial charge in [0.25, 0.3) is 0 Å². The molecule has 2 aromatic rings. The molecule has 3 N–H and O–H groups in total. The quantitative estimate of drug-likeness (QED) is 0.834. The zero-order valence-electron chi connectivity index (χ0n) is 11.5. The maximum Gasteiger partial charge on any atom is 0.194 e. The predicted molar refractivity (Wildman–Crippen MR) is 75.1 cm³/mol. The van der Waals surface area contributed by atoms with E-state index in [1.807, 2.05) is 6.92 Å². The average molecular weight is 295 g/mol. The summed E-state index contributed by atoms with van der Waals surface area (Å²) >= 11 is 0. The van der Waals surface area contributed by atoms with Crippen molar-refractivity contribution in [3.63, 3.8) is 0 Å². The van der Waals surface area contributed by atoms with E-state index in [2.05, 4.69) is 10.3 Å². The van der Waals surface area contributed by atoms with E-state index in [9.17, 15) is 13.2 Å². The van der Waals surface area contributed by atoms with Crippen molar-refractivity contribution in [2.75, 3.05) is 12.3 Å². The first kappa shape index (κ1) is 15.3. The van der Waals surface area contributed by atoms with E-state index in [4.69, 9.17) is 5.73 Å². The zero-order chi connectivity index (χ0) is 15.4. The fraction of sp³-hybridized carbons (Fsp3) is 0.267. The van der Waals surface area contributed by atoms with Crippen LogP contribution in [0.25, 0.3) is 0 Å². The molecule has 21 heavy (non-hydrogen) atoms. The summed E-state index contributed by atoms with van der Waals surface area (Å²) in [5, 5.41) is 3.05. The maximum absolute atomic E-state index is 13.9. The Labute approximate surface area is 121 Å². The normalized spacial score (nSPS) is 12.4. The highest BCUT2D eigenvalue weighted by Gasteiger charge is 2.21. The third-order valence-electron chi connectivity index (χ3n) is 3.26. The van der Waals surface area contributed by atoms with Crippen LogP contribution in [0.15, 0.2) is 30.6 Å². The SMILES string of the molecule is CCNC(Cc1cnccc1N)c1ccc(F)c(F)c1F. The fourth-order valence-electron chi connectivity index (χ4n) is 2.18. The number of hydrogen-bond donors (Lipinski definition) is 2. The van der Waals surface area contributed by atoms with Crippen LogP contribution in [0.5, 0.6) is 0 Å². The first-order valence-electron chi connectivity index (χ1n) is 6.59. The van der Waals surface area contributed by atoms with Crippen molar-refractivity contribution in [3.05, 3.63) is 59.2 Å². The van der Waals surface area contributed by atoms with Crippen molar-refractivity contribution in [1.29, 1.82) is 0 Å². The van der Waals surface area contributed by atoms with Gasteiger partial charge < -0.3 is 11.1 Å². The number of hydrogen-bond acceptors (Lipinski definition) is 3. The van der Waals surface area contributed by atoms with Crippen LogP contribution in [0.1, 0.15) is 24.1 Å². The second-order valence-corrected chi connectivity index (χ2v) is 4.65. The number of nitrogens with two attached hydrogens (primary N) is 1. The van der Waals surface area contributed by atoms with Crippen molar-refractivity contribution in [1.82, 2.24) is 10.3 Å². The Balaban J connectivity index is 2.36. The molecule has 0 aliphatic carbocycles. The number of pyridine rings is 1. The third kappa shape index (κ3) is 3.33. The van der Waals surface area contributed by atoms with E-state index in [1.54, 1.807) is 18.5 Å². The van der Waals surface area contributed by atoms with Gasteiger partial charge in [0, 0.05) is 29.7 Å². The molecule has 2 rings (SSSR count). The molecular weight excluding hydrogens is 279 g/mol. The van der Waals surface area contributed by atoms with Crippen LogP contribution < -0.4 is 11.1 Å². The van der Waals surface area contributed by atoms with Crippen molar-refractivity contribution in [3.8, 4) is 0 Å². The van der Waals surface area contributed by atoms with Crippen molar-refractivity contribution in [2.45, 2.75) is 19.4 Å². The molecule has 0 saturated carbocycles. The summed E-state index contributed by atoms with van der Waals surface area (Å²) in [6.07, 6.45) is 3.46. The van der Waals surface area contributed by atoms with Crippen LogP contribution >= 0.6 is 0 Å². The Bertz CT molecular complexity index is 632. The molecule has 1 aromatic heterocycles. The Morgan fingerprint density at radius 2 is 1.95 bits per heavy atom. The topological polar surface area (TPSA) is 50.9 Å². The lowest BCUT2D eigenvalue weighted by Crippen LogP contribution is -2.25. The molecule has 0 radical (unpaired) electrons. The number of anilines is 1. The summed E-state index contributed by atoms with van der Waals surface area (Å²) in [5.74, 6) is -3.84. The van der Waals surface area contributed by atoms with Gasteiger partial charge in [0.1, 0.15) is 0 Å². The number of benzene rings is 1. The van der Waals surface area contributed by atoms with Gasteiger partial charge in [-0.15, -0.1) is 0 Å². The van der Waals surface area contributed by atoms with Crippen molar-refractivity contribution in [2.24, 2.45) is 0 Å². The number of likely N-dealkylation sites (N-methyl/N-ethyl adjacent to an activating group) is 1. The molecule has 0 saturated heterocycles. The van der Waals surface area contributed by atoms with E-state index in [0.717, 1.165) is 6.07 Å². The summed E-state index contributed by atoms with van der Waals surface area (Å²) in [5.41, 5.74) is 7.15. The van der Waals surface area contributed by atoms with Gasteiger partial charge in [-0.2, -0.15) is 0 Å². The minimum atomic E-state index is -1.46. The molecule has 0 aliphatic heterocycles. The number of nitrogen functional groups attached to an aromatic ring is 1. The Hall–Kier alpha value is -2.08. The fourth-order valence-corrected chi connectivity index (χ4v) is 2.18. The lowest BCUT2D eigenvalue weighted by molar-refractivity contribution is 0.425. The number of rotatable bonds is 5. The second kappa shape index (κ2) is 6.58. The van der Waals surface area contributed by atoms with Gasteiger partial charge in [0.05, 0.1) is 0 Å². The minimum absolute atomic E-state index is 0.0685. The highest BCUT2D eigenvalue weighted by molar-refractivity contribution is 5.45. The van der Waals surface area contributed by atoms with Gasteiger partial charge in [-0.25, -0.2) is 13.2 Å². The third-order valence-corrected chi connectivity index (χ3v) is 3.26. The van der Waals surface area contributed by atoms with Gasteiger partial charge >= 0.3 is 0 Å². The Kier molecular flexibility index (Phi) is 4.80. The average Bonchev–Trinajstić information content (AvgIpc) is 2.47. The first-order valence-corrected chi connectivity index (χ1v) is 6.59. The van der Waals surface area contributed by atoms with Gasteiger partial charge in [0.15, 0.2) is 17.5 Å². The maximum atomic E-state index is 13.9. The number of nitrogens with zero attached hydrogens (tertiary/aromatic N) is 1. The summed E-state index contributed by atoms with van der Waals surface area (Å²) < 4.78 is 40.4. The van der Waals surface area contributed by atoms with Crippen LogP contribution in [0, 0.1) is 17.5 Å². The summed E-state index contributed by atoms with van der Waals surface area (Å²) in [6.45, 7) is 2.39. The smallest absolute Gasteiger partial charge is 0.194 e. The van der Waals surface area contributed by atoms with E-state index in [0.29, 0.717) is 24.2 Å². The molecule has 1 aromatic carbocycles. The van der Waals surface area contributed by atoms with Crippen molar-refractivity contribution < 1.29 is 13.2 Å². The molecule has 3 nitrogen and oxygen atoms in total. The standard InChI is InChI=1S/C15H16F3N3/c1-2-21-13(7-9-8-20-6-5-12(9)19)10-3-4-11(16)15(18)14(10)17/h3-6,8,13,21H,2,7H2,1H3,(H2,19,20). The lowest BCUT2D eigenvalue weighted by atomic mass is 9.98. The molecule has 0 bridgehead atoms. The molecular formula is C15H16F3N3. The molecule has 0 amide bonds. The monoisotopic (exact) mass is 295 g/mol. The van der Waals surface area contributed by atoms with E-state index >= 15 is 0 Å². The number of aromatic nitrogens is 1. The first-order chi connectivity index (χ1) is 10.0. The van der Waals surface area contributed by atoms with Crippen LogP contribution in [0.4, 0.5) is 18.9 Å². The lowest BCUT2D eigenvalue weighted by Gasteiger charge is -2.20. The van der Waals surface area contributed by atoms with E-state index in [-0.39, 0.29) is 5.56 Å². The molecule has 0 fully saturated rings. The van der Waals surface area contributed by atoms with Gasteiger partial charge in [-0.05, 0) is 30.7 Å². The minimum Gasteiger partial charge on any atom is -0.398 e. The molecule has 0 spiro atoms. The number of nitrogens with one attached hydrogen (secondary N) is 1. The Morgan fingerprint density at radius 1 is 1.19 bits per heavy atom. The molecule has 0 aliphatic rings. The number of halogens is 3. The molecule has 1 unspecified atom stereocenters. The predicted octanol–water partition coefficient (Wildman–Crippen LogP) is 2.97. The van der Waals surface area contributed by atoms with Crippen molar-refractivity contribution >= 4 is 5.69 Å². The zero-order valence-corrected chi connectivity index (χ0v) is 11.5. The van der Waals surface area contributed by atoms with Gasteiger partial charge in [0.2, 0.25) is 0 Å². The van der Waals surface area contributed by atoms with Gasteiger partial charge in [-0.1, -0.05) is 13.0 Å². The van der Waals surface area contributed by atoms with Crippen LogP contribution in [0.2, 0.25) is 0 Å². The second-order valence-electron chi connectivity index (χ2n) is 4.65. The highest BCUT2D eigenvalue weighted by Crippen LogP contribution is 2.25. The largest absolute Gasteiger partial charge is 0.398 e. The molecule has 1 heterocycles. The molecule has 6 heteroatoms. The van der Waals surface area contributed by atoms with Crippen LogP contribution in [0.3, 0.4) is 0 Å². The Morgan fingerprint density at radius 3 is 2.62 bits per heavy atom. The summed E-state index contributed by atoms with van der Waals surface area (Å²) in [4.78, 5) is 3.97. The van der Waals surface area contributed by atoms with Gasteiger partial charge in [-0.3, -0.25) is 4.98 Å². The summed E-state index contributed by atoms with van der Waals surface area (Å²) in [7, 11) is 0. The van der Waals surface area contributed by atoms with E-state index < -0.39 is 23.5 Å². The molecule has 1 atom stereocenters.